The molecule has 0 aliphatic rings. The molecule has 0 spiro atoms. The Labute approximate surface area is 159 Å². The van der Waals surface area contributed by atoms with Crippen LogP contribution in [-0.4, -0.2) is 33.6 Å². The molecule has 0 unspecified atom stereocenters. The molecule has 0 atom stereocenters. The molecule has 0 saturated heterocycles. The van der Waals surface area contributed by atoms with E-state index in [1.807, 2.05) is 6.92 Å². The second kappa shape index (κ2) is 8.37. The molecule has 2 aromatic rings. The highest BCUT2D eigenvalue weighted by Crippen LogP contribution is 2.31. The Hall–Kier alpha value is -3.63. The van der Waals surface area contributed by atoms with Crippen molar-refractivity contribution in [3.8, 4) is 11.5 Å². The lowest BCUT2D eigenvalue weighted by Crippen LogP contribution is -2.43. The van der Waals surface area contributed by atoms with Crippen LogP contribution in [0.15, 0.2) is 27.8 Å². The molecule has 0 saturated carbocycles. The van der Waals surface area contributed by atoms with Gasteiger partial charge < -0.3 is 15.2 Å². The minimum absolute atomic E-state index is 0.170. The van der Waals surface area contributed by atoms with Crippen molar-refractivity contribution in [2.45, 2.75) is 19.9 Å². The van der Waals surface area contributed by atoms with Crippen LogP contribution in [0, 0.1) is 10.1 Å². The van der Waals surface area contributed by atoms with Gasteiger partial charge in [0.1, 0.15) is 17.1 Å². The summed E-state index contributed by atoms with van der Waals surface area (Å²) in [5.41, 5.74) is 3.59. The van der Waals surface area contributed by atoms with Crippen molar-refractivity contribution < 1.29 is 19.2 Å². The molecule has 0 fully saturated rings. The predicted molar refractivity (Wildman–Crippen MR) is 100 cm³/mol. The van der Waals surface area contributed by atoms with Crippen LogP contribution in [0.1, 0.15) is 23.7 Å². The van der Waals surface area contributed by atoms with E-state index < -0.39 is 39.8 Å². The fourth-order valence-electron chi connectivity index (χ4n) is 2.59. The molecule has 2 rings (SSSR count). The summed E-state index contributed by atoms with van der Waals surface area (Å²) in [7, 11) is 2.59. The van der Waals surface area contributed by atoms with Gasteiger partial charge >= 0.3 is 11.4 Å². The molecule has 1 aromatic carbocycles. The SMILES string of the molecule is CCCn1c(N)c(C(=O)COc2ccc(OC)cc2[N+](=O)[O-])c(=O)n(C)c1=O. The maximum Gasteiger partial charge on any atom is 0.332 e. The van der Waals surface area contributed by atoms with Crippen molar-refractivity contribution in [1.82, 2.24) is 9.13 Å². The van der Waals surface area contributed by atoms with Crippen molar-refractivity contribution >= 4 is 17.3 Å². The number of nitro groups is 1. The van der Waals surface area contributed by atoms with E-state index >= 15 is 0 Å². The number of rotatable bonds is 8. The van der Waals surface area contributed by atoms with E-state index in [-0.39, 0.29) is 23.9 Å². The quantitative estimate of drug-likeness (QED) is 0.392. The lowest BCUT2D eigenvalue weighted by molar-refractivity contribution is -0.385. The van der Waals surface area contributed by atoms with Gasteiger partial charge in [0, 0.05) is 13.6 Å². The summed E-state index contributed by atoms with van der Waals surface area (Å²) in [5, 5.41) is 11.2. The topological polar surface area (TPSA) is 149 Å². The number of Topliss-reactive ketones (excluding diaryl/α,β-unsaturated/α-hetero) is 1. The van der Waals surface area contributed by atoms with Gasteiger partial charge in [0.25, 0.3) is 5.56 Å². The maximum absolute atomic E-state index is 12.6. The highest BCUT2D eigenvalue weighted by atomic mass is 16.6. The third-order valence-corrected chi connectivity index (χ3v) is 4.03. The van der Waals surface area contributed by atoms with Gasteiger partial charge in [-0.05, 0) is 18.6 Å². The number of hydrogen-bond donors (Lipinski definition) is 1. The standard InChI is InChI=1S/C17H20N4O7/c1-4-7-20-15(18)14(16(23)19(2)17(20)24)12(22)9-28-13-6-5-10(27-3)8-11(13)21(25)26/h5-6,8H,4,7,9,18H2,1-3H3. The van der Waals surface area contributed by atoms with Crippen molar-refractivity contribution in [2.75, 3.05) is 19.5 Å². The van der Waals surface area contributed by atoms with Crippen LogP contribution < -0.4 is 26.5 Å². The lowest BCUT2D eigenvalue weighted by atomic mass is 10.2. The van der Waals surface area contributed by atoms with Crippen LogP contribution in [0.5, 0.6) is 11.5 Å². The number of nitro benzene ring substituents is 1. The van der Waals surface area contributed by atoms with Gasteiger partial charge in [0.2, 0.25) is 5.78 Å². The van der Waals surface area contributed by atoms with Gasteiger partial charge in [-0.15, -0.1) is 0 Å². The summed E-state index contributed by atoms with van der Waals surface area (Å²) in [5.74, 6) is -0.979. The van der Waals surface area contributed by atoms with E-state index in [4.69, 9.17) is 15.2 Å². The molecule has 0 radical (unpaired) electrons. The first-order valence-corrected chi connectivity index (χ1v) is 8.30. The minimum Gasteiger partial charge on any atom is -0.496 e. The van der Waals surface area contributed by atoms with Crippen LogP contribution in [0.25, 0.3) is 0 Å². The summed E-state index contributed by atoms with van der Waals surface area (Å²) in [4.78, 5) is 47.6. The number of ketones is 1. The highest BCUT2D eigenvalue weighted by molar-refractivity contribution is 6.00. The Morgan fingerprint density at radius 1 is 1.32 bits per heavy atom. The summed E-state index contributed by atoms with van der Waals surface area (Å²) >= 11 is 0. The number of nitrogens with zero attached hydrogens (tertiary/aromatic N) is 3. The van der Waals surface area contributed by atoms with Crippen LogP contribution in [-0.2, 0) is 13.6 Å². The third kappa shape index (κ3) is 3.87. The highest BCUT2D eigenvalue weighted by Gasteiger charge is 2.23. The molecule has 11 heteroatoms. The first-order valence-electron chi connectivity index (χ1n) is 8.30. The van der Waals surface area contributed by atoms with Crippen molar-refractivity contribution in [1.29, 1.82) is 0 Å². The maximum atomic E-state index is 12.6. The average molecular weight is 392 g/mol. The third-order valence-electron chi connectivity index (χ3n) is 4.03. The molecule has 150 valence electrons. The smallest absolute Gasteiger partial charge is 0.332 e. The molecule has 0 amide bonds. The summed E-state index contributed by atoms with van der Waals surface area (Å²) in [6, 6.07) is 3.86. The summed E-state index contributed by atoms with van der Waals surface area (Å²) in [6.45, 7) is 1.37. The number of nitrogens with two attached hydrogens (primary N) is 1. The predicted octanol–water partition coefficient (Wildman–Crippen LogP) is 0.718. The van der Waals surface area contributed by atoms with Gasteiger partial charge in [0.05, 0.1) is 18.1 Å². The van der Waals surface area contributed by atoms with Crippen molar-refractivity contribution in [2.24, 2.45) is 7.05 Å². The van der Waals surface area contributed by atoms with Gasteiger partial charge in [-0.2, -0.15) is 0 Å². The number of anilines is 1. The molecular formula is C17H20N4O7. The monoisotopic (exact) mass is 392 g/mol. The fourth-order valence-corrected chi connectivity index (χ4v) is 2.59. The number of methoxy groups -OCH3 is 1. The number of benzene rings is 1. The summed E-state index contributed by atoms with van der Waals surface area (Å²) in [6.07, 6.45) is 0.560. The number of hydrogen-bond acceptors (Lipinski definition) is 8. The van der Waals surface area contributed by atoms with E-state index in [1.54, 1.807) is 0 Å². The largest absolute Gasteiger partial charge is 0.496 e. The fraction of sp³-hybridized carbons (Fsp3) is 0.353. The number of carbonyl (C=O) groups excluding carboxylic acids is 1. The minimum atomic E-state index is -0.854. The van der Waals surface area contributed by atoms with Crippen molar-refractivity contribution in [3.63, 3.8) is 0 Å². The Morgan fingerprint density at radius 2 is 2.00 bits per heavy atom. The Morgan fingerprint density at radius 3 is 2.57 bits per heavy atom. The lowest BCUT2D eigenvalue weighted by Gasteiger charge is -2.14. The van der Waals surface area contributed by atoms with E-state index in [2.05, 4.69) is 0 Å². The Balaban J connectivity index is 2.38. The zero-order valence-electron chi connectivity index (χ0n) is 15.6. The average Bonchev–Trinajstić information content (AvgIpc) is 2.67. The van der Waals surface area contributed by atoms with Crippen LogP contribution in [0.4, 0.5) is 11.5 Å². The number of nitrogen functional groups attached to an aromatic ring is 1. The molecule has 1 aromatic heterocycles. The Kier molecular flexibility index (Phi) is 6.18. The molecule has 0 bridgehead atoms. The second-order valence-electron chi connectivity index (χ2n) is 5.86. The zero-order valence-corrected chi connectivity index (χ0v) is 15.6. The molecular weight excluding hydrogens is 372 g/mol. The molecule has 0 aliphatic heterocycles. The van der Waals surface area contributed by atoms with Gasteiger partial charge in [0.15, 0.2) is 12.4 Å². The van der Waals surface area contributed by atoms with E-state index in [9.17, 15) is 24.5 Å². The number of aromatic nitrogens is 2. The van der Waals surface area contributed by atoms with Crippen molar-refractivity contribution in [3.05, 3.63) is 54.7 Å². The first kappa shape index (κ1) is 20.7. The number of ether oxygens (including phenoxy) is 2. The zero-order chi connectivity index (χ0) is 21.0. The molecule has 2 N–H and O–H groups in total. The van der Waals surface area contributed by atoms with E-state index in [0.717, 1.165) is 15.2 Å². The molecule has 1 heterocycles. The summed E-state index contributed by atoms with van der Waals surface area (Å²) < 4.78 is 12.1. The van der Waals surface area contributed by atoms with E-state index in [0.29, 0.717) is 6.42 Å². The Bertz CT molecular complexity index is 1040. The molecule has 0 aliphatic carbocycles. The molecule has 11 nitrogen and oxygen atoms in total. The van der Waals surface area contributed by atoms with Crippen LogP contribution in [0.2, 0.25) is 0 Å². The number of carbonyl (C=O) groups is 1. The van der Waals surface area contributed by atoms with Gasteiger partial charge in [-0.1, -0.05) is 6.92 Å². The van der Waals surface area contributed by atoms with Gasteiger partial charge in [-0.25, -0.2) is 4.79 Å². The second-order valence-corrected chi connectivity index (χ2v) is 5.86. The van der Waals surface area contributed by atoms with Crippen LogP contribution >= 0.6 is 0 Å². The molecule has 28 heavy (non-hydrogen) atoms. The van der Waals surface area contributed by atoms with E-state index in [1.165, 1.54) is 26.3 Å². The normalized spacial score (nSPS) is 10.5. The van der Waals surface area contributed by atoms with Crippen LogP contribution in [0.3, 0.4) is 0 Å². The first-order chi connectivity index (χ1) is 13.2. The van der Waals surface area contributed by atoms with Gasteiger partial charge in [-0.3, -0.25) is 28.8 Å².